The molecule has 0 unspecified atom stereocenters. The van der Waals surface area contributed by atoms with E-state index in [-0.39, 0.29) is 17.4 Å². The first kappa shape index (κ1) is 30.9. The summed E-state index contributed by atoms with van der Waals surface area (Å²) >= 11 is 1.38. The van der Waals surface area contributed by atoms with Crippen LogP contribution in [-0.4, -0.2) is 36.7 Å². The predicted molar refractivity (Wildman–Crippen MR) is 172 cm³/mol. The zero-order chi connectivity index (χ0) is 30.4. The maximum atomic E-state index is 13.3. The van der Waals surface area contributed by atoms with Crippen molar-refractivity contribution in [1.82, 2.24) is 5.32 Å². The lowest BCUT2D eigenvalue weighted by Crippen LogP contribution is -2.30. The van der Waals surface area contributed by atoms with Gasteiger partial charge in [-0.25, -0.2) is 0 Å². The minimum Gasteiger partial charge on any atom is -0.494 e. The molecule has 0 aliphatic rings. The van der Waals surface area contributed by atoms with Crippen LogP contribution in [0.5, 0.6) is 11.5 Å². The van der Waals surface area contributed by atoms with Crippen molar-refractivity contribution < 1.29 is 23.9 Å². The highest BCUT2D eigenvalue weighted by Crippen LogP contribution is 2.22. The van der Waals surface area contributed by atoms with Gasteiger partial charge in [0.15, 0.2) is 0 Å². The number of hydrogen-bond donors (Lipinski definition) is 3. The molecule has 220 valence electrons. The average molecular weight is 596 g/mol. The second kappa shape index (κ2) is 15.8. The van der Waals surface area contributed by atoms with Crippen LogP contribution in [0.3, 0.4) is 0 Å². The average Bonchev–Trinajstić information content (AvgIpc) is 3.03. The number of nitrogens with one attached hydrogen (secondary N) is 3. The topological polar surface area (TPSA) is 106 Å². The van der Waals surface area contributed by atoms with Gasteiger partial charge >= 0.3 is 0 Å². The fourth-order valence-electron chi connectivity index (χ4n) is 3.92. The van der Waals surface area contributed by atoms with Crippen LogP contribution in [0.4, 0.5) is 11.4 Å². The Balaban J connectivity index is 1.38. The Labute approximate surface area is 255 Å². The number of anilines is 2. The largest absolute Gasteiger partial charge is 0.494 e. The third kappa shape index (κ3) is 9.79. The SMILES string of the molecule is CCOc1ccc(/C=C(\NC(=O)c2ccccc2)C(=O)Nc2ccc(SCC(=O)Nc3ccc(OCC)cc3)cc2)cc1. The van der Waals surface area contributed by atoms with E-state index in [4.69, 9.17) is 9.47 Å². The molecule has 0 aromatic heterocycles. The molecule has 4 aromatic carbocycles. The highest BCUT2D eigenvalue weighted by Gasteiger charge is 2.15. The molecule has 0 saturated carbocycles. The summed E-state index contributed by atoms with van der Waals surface area (Å²) in [6.07, 6.45) is 1.61. The van der Waals surface area contributed by atoms with E-state index in [1.54, 1.807) is 66.7 Å². The van der Waals surface area contributed by atoms with Crippen LogP contribution in [0.2, 0.25) is 0 Å². The van der Waals surface area contributed by atoms with Gasteiger partial charge in [-0.3, -0.25) is 14.4 Å². The van der Waals surface area contributed by atoms with Crippen LogP contribution in [0, 0.1) is 0 Å². The number of carbonyl (C=O) groups excluding carboxylic acids is 3. The van der Waals surface area contributed by atoms with Crippen molar-refractivity contribution in [2.24, 2.45) is 0 Å². The lowest BCUT2D eigenvalue weighted by molar-refractivity contribution is -0.114. The number of thioether (sulfide) groups is 1. The van der Waals surface area contributed by atoms with Crippen molar-refractivity contribution in [3.05, 3.63) is 120 Å². The Hall–Kier alpha value is -5.02. The van der Waals surface area contributed by atoms with E-state index in [0.29, 0.717) is 35.9 Å². The Kier molecular flexibility index (Phi) is 11.4. The van der Waals surface area contributed by atoms with E-state index in [0.717, 1.165) is 16.2 Å². The van der Waals surface area contributed by atoms with Gasteiger partial charge in [-0.15, -0.1) is 11.8 Å². The molecule has 0 spiro atoms. The second-order valence-corrected chi connectivity index (χ2v) is 10.2. The molecule has 0 heterocycles. The monoisotopic (exact) mass is 595 g/mol. The van der Waals surface area contributed by atoms with E-state index in [1.165, 1.54) is 11.8 Å². The number of carbonyl (C=O) groups is 3. The normalized spacial score (nSPS) is 10.9. The Morgan fingerprint density at radius 2 is 1.26 bits per heavy atom. The van der Waals surface area contributed by atoms with Crippen molar-refractivity contribution in [3.63, 3.8) is 0 Å². The van der Waals surface area contributed by atoms with Crippen LogP contribution in [0.25, 0.3) is 6.08 Å². The Morgan fingerprint density at radius 1 is 0.698 bits per heavy atom. The van der Waals surface area contributed by atoms with Gasteiger partial charge in [-0.05, 0) is 98.3 Å². The van der Waals surface area contributed by atoms with E-state index < -0.39 is 11.8 Å². The molecule has 0 atom stereocenters. The molecule has 0 fully saturated rings. The highest BCUT2D eigenvalue weighted by molar-refractivity contribution is 8.00. The van der Waals surface area contributed by atoms with Crippen molar-refractivity contribution in [1.29, 1.82) is 0 Å². The van der Waals surface area contributed by atoms with E-state index in [9.17, 15) is 14.4 Å². The zero-order valence-electron chi connectivity index (χ0n) is 24.0. The number of rotatable bonds is 13. The summed E-state index contributed by atoms with van der Waals surface area (Å²) in [4.78, 5) is 39.4. The van der Waals surface area contributed by atoms with Crippen LogP contribution in [0.1, 0.15) is 29.8 Å². The maximum Gasteiger partial charge on any atom is 0.272 e. The van der Waals surface area contributed by atoms with Gasteiger partial charge in [0.1, 0.15) is 17.2 Å². The standard InChI is InChI=1S/C34H33N3O5S/c1-3-41-28-16-10-24(11-17-28)22-31(37-33(39)25-8-6-5-7-9-25)34(40)36-27-14-20-30(21-15-27)43-23-32(38)35-26-12-18-29(19-13-26)42-4-2/h5-22H,3-4,23H2,1-2H3,(H,35,38)(H,36,40)(H,37,39)/b31-22-. The minimum atomic E-state index is -0.478. The van der Waals surface area contributed by atoms with Gasteiger partial charge in [0, 0.05) is 21.8 Å². The number of ether oxygens (including phenoxy) is 2. The molecule has 0 radical (unpaired) electrons. The van der Waals surface area contributed by atoms with E-state index in [1.807, 2.05) is 56.3 Å². The van der Waals surface area contributed by atoms with Gasteiger partial charge in [0.2, 0.25) is 5.91 Å². The van der Waals surface area contributed by atoms with E-state index in [2.05, 4.69) is 16.0 Å². The summed E-state index contributed by atoms with van der Waals surface area (Å²) in [5.74, 6) is 0.672. The summed E-state index contributed by atoms with van der Waals surface area (Å²) < 4.78 is 10.9. The predicted octanol–water partition coefficient (Wildman–Crippen LogP) is 6.62. The van der Waals surface area contributed by atoms with Gasteiger partial charge in [0.05, 0.1) is 19.0 Å². The van der Waals surface area contributed by atoms with Gasteiger partial charge in [0.25, 0.3) is 11.8 Å². The first-order valence-electron chi connectivity index (χ1n) is 13.8. The summed E-state index contributed by atoms with van der Waals surface area (Å²) in [6.45, 7) is 4.95. The first-order chi connectivity index (χ1) is 20.9. The summed E-state index contributed by atoms with van der Waals surface area (Å²) in [7, 11) is 0. The molecule has 8 nitrogen and oxygen atoms in total. The minimum absolute atomic E-state index is 0.0856. The molecule has 9 heteroatoms. The fourth-order valence-corrected chi connectivity index (χ4v) is 4.61. The Bertz CT molecular complexity index is 1540. The first-order valence-corrected chi connectivity index (χ1v) is 14.8. The molecule has 4 rings (SSSR count). The maximum absolute atomic E-state index is 13.3. The van der Waals surface area contributed by atoms with Crippen LogP contribution in [-0.2, 0) is 9.59 Å². The molecule has 0 aliphatic carbocycles. The lowest BCUT2D eigenvalue weighted by Gasteiger charge is -2.12. The fraction of sp³-hybridized carbons (Fsp3) is 0.147. The third-order valence-electron chi connectivity index (χ3n) is 5.96. The lowest BCUT2D eigenvalue weighted by atomic mass is 10.1. The summed E-state index contributed by atoms with van der Waals surface area (Å²) in [5.41, 5.74) is 2.47. The summed E-state index contributed by atoms with van der Waals surface area (Å²) in [5, 5.41) is 8.45. The molecular formula is C34H33N3O5S. The molecular weight excluding hydrogens is 562 g/mol. The zero-order valence-corrected chi connectivity index (χ0v) is 24.8. The smallest absolute Gasteiger partial charge is 0.272 e. The van der Waals surface area contributed by atoms with Crippen molar-refractivity contribution in [2.45, 2.75) is 18.7 Å². The quantitative estimate of drug-likeness (QED) is 0.118. The molecule has 0 bridgehead atoms. The van der Waals surface area contributed by atoms with Crippen LogP contribution in [0.15, 0.2) is 114 Å². The second-order valence-electron chi connectivity index (χ2n) is 9.15. The number of hydrogen-bond acceptors (Lipinski definition) is 6. The number of benzene rings is 4. The van der Waals surface area contributed by atoms with Gasteiger partial charge in [-0.1, -0.05) is 30.3 Å². The van der Waals surface area contributed by atoms with Crippen molar-refractivity contribution in [2.75, 3.05) is 29.6 Å². The summed E-state index contributed by atoms with van der Waals surface area (Å²) in [6, 6.07) is 30.3. The van der Waals surface area contributed by atoms with Crippen molar-refractivity contribution in [3.8, 4) is 11.5 Å². The Morgan fingerprint density at radius 3 is 1.86 bits per heavy atom. The molecule has 3 amide bonds. The van der Waals surface area contributed by atoms with Gasteiger partial charge in [-0.2, -0.15) is 0 Å². The number of amides is 3. The molecule has 0 aliphatic heterocycles. The van der Waals surface area contributed by atoms with Crippen LogP contribution >= 0.6 is 11.8 Å². The third-order valence-corrected chi connectivity index (χ3v) is 6.97. The molecule has 3 N–H and O–H groups in total. The van der Waals surface area contributed by atoms with Crippen molar-refractivity contribution >= 4 is 46.9 Å². The highest BCUT2D eigenvalue weighted by atomic mass is 32.2. The molecule has 0 saturated heterocycles. The molecule has 43 heavy (non-hydrogen) atoms. The van der Waals surface area contributed by atoms with Gasteiger partial charge < -0.3 is 25.4 Å². The van der Waals surface area contributed by atoms with Crippen LogP contribution < -0.4 is 25.4 Å². The molecule has 4 aromatic rings. The van der Waals surface area contributed by atoms with E-state index >= 15 is 0 Å².